The fourth-order valence-electron chi connectivity index (χ4n) is 2.25. The first-order chi connectivity index (χ1) is 14.6. The minimum atomic E-state index is -1.37. The number of aliphatic carboxylic acids is 2. The number of nitrogen functional groups attached to an aromatic ring is 1. The van der Waals surface area contributed by atoms with Crippen LogP contribution in [0.5, 0.6) is 0 Å². The molecule has 7 N–H and O–H groups in total. The van der Waals surface area contributed by atoms with Crippen molar-refractivity contribution in [1.82, 2.24) is 15.4 Å². The highest BCUT2D eigenvalue weighted by Crippen LogP contribution is 2.22. The smallest absolute Gasteiger partial charge is 0.404 e. The predicted octanol–water partition coefficient (Wildman–Crippen LogP) is -2.66. The molecule has 0 radical (unpaired) electrons. The zero-order valence-electron chi connectivity index (χ0n) is 15.4. The van der Waals surface area contributed by atoms with Gasteiger partial charge in [0, 0.05) is 5.38 Å². The Morgan fingerprint density at radius 2 is 1.94 bits per heavy atom. The summed E-state index contributed by atoms with van der Waals surface area (Å²) in [6.07, 6.45) is -1.18. The summed E-state index contributed by atoms with van der Waals surface area (Å²) in [5.74, 6) is -4.58. The van der Waals surface area contributed by atoms with Gasteiger partial charge in [-0.3, -0.25) is 14.4 Å². The number of hydrogen-bond donors (Lipinski definition) is 5. The highest BCUT2D eigenvalue weighted by molar-refractivity contribution is 7.13. The average molecular weight is 460 g/mol. The van der Waals surface area contributed by atoms with Gasteiger partial charge in [-0.2, -0.15) is 0 Å². The molecule has 2 unspecified atom stereocenters. The molecule has 16 nitrogen and oxygen atoms in total. The topological polar surface area (TPSA) is 246 Å². The van der Waals surface area contributed by atoms with E-state index in [1.807, 2.05) is 0 Å². The van der Waals surface area contributed by atoms with Crippen LogP contribution >= 0.6 is 11.3 Å². The molecule has 0 saturated carbocycles. The molecular formula is C14H16N6O10S. The van der Waals surface area contributed by atoms with Crippen LogP contribution in [0.25, 0.3) is 0 Å². The van der Waals surface area contributed by atoms with Gasteiger partial charge < -0.3 is 36.6 Å². The summed E-state index contributed by atoms with van der Waals surface area (Å²) in [5.41, 5.74) is 9.87. The molecule has 3 amide bonds. The van der Waals surface area contributed by atoms with Crippen LogP contribution < -0.4 is 16.8 Å². The molecule has 0 bridgehead atoms. The van der Waals surface area contributed by atoms with Crippen molar-refractivity contribution in [1.29, 1.82) is 0 Å². The van der Waals surface area contributed by atoms with E-state index in [0.717, 1.165) is 11.3 Å². The molecule has 0 spiro atoms. The lowest BCUT2D eigenvalue weighted by atomic mass is 9.98. The number of anilines is 1. The summed E-state index contributed by atoms with van der Waals surface area (Å²) in [4.78, 5) is 70.3. The van der Waals surface area contributed by atoms with Gasteiger partial charge in [-0.25, -0.2) is 24.4 Å². The largest absolute Gasteiger partial charge is 0.479 e. The average Bonchev–Trinajstić information content (AvgIpc) is 3.10. The van der Waals surface area contributed by atoms with E-state index in [-0.39, 0.29) is 10.8 Å². The van der Waals surface area contributed by atoms with Crippen molar-refractivity contribution in [3.05, 3.63) is 11.1 Å². The highest BCUT2D eigenvalue weighted by atomic mass is 32.1. The first-order valence-corrected chi connectivity index (χ1v) is 9.02. The maximum absolute atomic E-state index is 12.7. The lowest BCUT2D eigenvalue weighted by molar-refractivity contribution is -0.240. The highest BCUT2D eigenvalue weighted by Gasteiger charge is 2.51. The van der Waals surface area contributed by atoms with Gasteiger partial charge in [0.2, 0.25) is 6.61 Å². The van der Waals surface area contributed by atoms with E-state index in [1.165, 1.54) is 5.38 Å². The molecular weight excluding hydrogens is 444 g/mol. The van der Waals surface area contributed by atoms with Crippen LogP contribution in [0, 0.1) is 0 Å². The van der Waals surface area contributed by atoms with E-state index in [9.17, 15) is 24.0 Å². The summed E-state index contributed by atoms with van der Waals surface area (Å²) in [6, 6.07) is -2.42. The van der Waals surface area contributed by atoms with Gasteiger partial charge in [0.05, 0.1) is 0 Å². The van der Waals surface area contributed by atoms with E-state index in [4.69, 9.17) is 26.5 Å². The predicted molar refractivity (Wildman–Crippen MR) is 98.3 cm³/mol. The van der Waals surface area contributed by atoms with Crippen molar-refractivity contribution >= 4 is 52.0 Å². The Morgan fingerprint density at radius 3 is 2.48 bits per heavy atom. The Morgan fingerprint density at radius 1 is 1.26 bits per heavy atom. The molecule has 0 aliphatic carbocycles. The summed E-state index contributed by atoms with van der Waals surface area (Å²) >= 11 is 0.962. The zero-order valence-corrected chi connectivity index (χ0v) is 16.2. The third-order valence-corrected chi connectivity index (χ3v) is 4.18. The number of primary amides is 1. The monoisotopic (exact) mass is 460 g/mol. The normalized spacial score (nSPS) is 18.1. The number of aromatic nitrogens is 1. The molecule has 1 aromatic heterocycles. The Hall–Kier alpha value is -3.99. The van der Waals surface area contributed by atoms with Crippen molar-refractivity contribution in [2.45, 2.75) is 12.1 Å². The minimum absolute atomic E-state index is 0.0546. The van der Waals surface area contributed by atoms with Crippen LogP contribution in [-0.4, -0.2) is 87.7 Å². The van der Waals surface area contributed by atoms with E-state index in [2.05, 4.69) is 25.0 Å². The number of carboxylic acids is 2. The van der Waals surface area contributed by atoms with Crippen molar-refractivity contribution in [3.63, 3.8) is 0 Å². The van der Waals surface area contributed by atoms with Crippen LogP contribution in [0.3, 0.4) is 0 Å². The van der Waals surface area contributed by atoms with Gasteiger partial charge in [-0.1, -0.05) is 5.16 Å². The Bertz CT molecular complexity index is 917. The van der Waals surface area contributed by atoms with Gasteiger partial charge in [0.15, 0.2) is 17.5 Å². The molecule has 17 heteroatoms. The number of nitrogens with two attached hydrogens (primary N) is 2. The molecule has 168 valence electrons. The van der Waals surface area contributed by atoms with Crippen molar-refractivity contribution in [2.75, 3.05) is 25.6 Å². The molecule has 1 saturated heterocycles. The SMILES string of the molecule is NC(=O)OCC1C(NC(=O)/C(=N\OCC(=O)O)c2csc(N)n2)C(=O)N1OCC(=O)O. The van der Waals surface area contributed by atoms with Gasteiger partial charge in [-0.15, -0.1) is 11.3 Å². The van der Waals surface area contributed by atoms with Crippen molar-refractivity contribution in [2.24, 2.45) is 10.9 Å². The number of hydrogen-bond acceptors (Lipinski definition) is 12. The maximum atomic E-state index is 12.7. The number of carboxylic acid groups (broad SMARTS) is 2. The molecule has 2 heterocycles. The molecule has 2 rings (SSSR count). The first-order valence-electron chi connectivity index (χ1n) is 8.14. The molecule has 1 aromatic rings. The van der Waals surface area contributed by atoms with Gasteiger partial charge >= 0.3 is 18.0 Å². The number of carbonyl (C=O) groups excluding carboxylic acids is 3. The number of nitrogens with zero attached hydrogens (tertiary/aromatic N) is 3. The van der Waals surface area contributed by atoms with Crippen LogP contribution in [0.15, 0.2) is 10.5 Å². The lowest BCUT2D eigenvalue weighted by Gasteiger charge is -2.44. The second-order valence-corrected chi connectivity index (χ2v) is 6.55. The Labute approximate surface area is 176 Å². The van der Waals surface area contributed by atoms with Crippen molar-refractivity contribution in [3.8, 4) is 0 Å². The Kier molecular flexibility index (Phi) is 7.64. The standard InChI is InChI=1S/C14H16N6O10S/c15-13-17-5(4-31-13)9(19-29-2-7(21)22)11(25)18-10-6(1-28-14(16)27)20(12(10)26)30-3-8(23)24/h4,6,10H,1-3H2,(H2,15,17)(H2,16,27)(H,18,25)(H,21,22)(H,23,24)/b19-9-. The number of thiazole rings is 1. The third kappa shape index (κ3) is 6.24. The van der Waals surface area contributed by atoms with E-state index in [0.29, 0.717) is 5.06 Å². The second-order valence-electron chi connectivity index (χ2n) is 5.66. The molecule has 1 aliphatic heterocycles. The zero-order chi connectivity index (χ0) is 23.1. The second kappa shape index (κ2) is 10.2. The molecule has 1 aliphatic rings. The number of ether oxygens (including phenoxy) is 1. The van der Waals surface area contributed by atoms with Gasteiger partial charge in [0.1, 0.15) is 24.4 Å². The quantitative estimate of drug-likeness (QED) is 0.129. The number of hydroxylamine groups is 2. The fourth-order valence-corrected chi connectivity index (χ4v) is 2.80. The van der Waals surface area contributed by atoms with Gasteiger partial charge in [0.25, 0.3) is 11.8 Å². The fraction of sp³-hybridized carbons (Fsp3) is 0.357. The number of carbonyl (C=O) groups is 5. The number of oxime groups is 1. The number of nitrogens with one attached hydrogen (secondary N) is 1. The third-order valence-electron chi connectivity index (χ3n) is 3.50. The van der Waals surface area contributed by atoms with Crippen LogP contribution in [0.4, 0.5) is 9.93 Å². The maximum Gasteiger partial charge on any atom is 0.404 e. The number of amides is 3. The molecule has 1 fully saturated rings. The van der Waals surface area contributed by atoms with Crippen LogP contribution in [0.1, 0.15) is 5.69 Å². The van der Waals surface area contributed by atoms with E-state index in [1.54, 1.807) is 0 Å². The first kappa shape index (κ1) is 23.3. The minimum Gasteiger partial charge on any atom is -0.479 e. The van der Waals surface area contributed by atoms with Gasteiger partial charge in [-0.05, 0) is 0 Å². The summed E-state index contributed by atoms with van der Waals surface area (Å²) < 4.78 is 4.60. The number of β-lactam (4-membered cyclic amide) rings is 1. The van der Waals surface area contributed by atoms with E-state index < -0.39 is 67.5 Å². The molecule has 0 aromatic carbocycles. The van der Waals surface area contributed by atoms with Crippen LogP contribution in [-0.2, 0) is 33.6 Å². The summed E-state index contributed by atoms with van der Waals surface area (Å²) in [6.45, 7) is -2.24. The number of rotatable bonds is 11. The van der Waals surface area contributed by atoms with Crippen molar-refractivity contribution < 1.29 is 48.6 Å². The molecule has 31 heavy (non-hydrogen) atoms. The summed E-state index contributed by atoms with van der Waals surface area (Å²) in [7, 11) is 0. The van der Waals surface area contributed by atoms with Crippen LogP contribution in [0.2, 0.25) is 0 Å². The molecule has 2 atom stereocenters. The summed E-state index contributed by atoms with van der Waals surface area (Å²) in [5, 5.41) is 25.1. The Balaban J connectivity index is 2.17. The van der Waals surface area contributed by atoms with E-state index >= 15 is 0 Å². The lowest BCUT2D eigenvalue weighted by Crippen LogP contribution is -2.72.